The topological polar surface area (TPSA) is 89.9 Å². The average Bonchev–Trinajstić information content (AvgIpc) is 2.71. The van der Waals surface area contributed by atoms with Gasteiger partial charge in [0.05, 0.1) is 17.0 Å². The minimum atomic E-state index is -4.44. The molecule has 0 aliphatic carbocycles. The summed E-state index contributed by atoms with van der Waals surface area (Å²) in [7, 11) is -4.44. The predicted octanol–water partition coefficient (Wildman–Crippen LogP) is -2.06. The number of amides is 1. The first-order chi connectivity index (χ1) is 8.91. The monoisotopic (exact) mass is 304 g/mol. The third-order valence-corrected chi connectivity index (χ3v) is 3.61. The molecule has 6 nitrogen and oxygen atoms in total. The molecule has 1 aromatic rings. The Balaban J connectivity index is 0.00000200. The number of benzene rings is 1. The van der Waals surface area contributed by atoms with Crippen molar-refractivity contribution >= 4 is 21.7 Å². The van der Waals surface area contributed by atoms with Gasteiger partial charge in [-0.2, -0.15) is 5.10 Å². The second-order valence-electron chi connectivity index (χ2n) is 4.22. The van der Waals surface area contributed by atoms with E-state index in [2.05, 4.69) is 5.10 Å². The summed E-state index contributed by atoms with van der Waals surface area (Å²) in [5.41, 5.74) is 1.24. The minimum absolute atomic E-state index is 0. The van der Waals surface area contributed by atoms with Gasteiger partial charge in [-0.3, -0.25) is 4.79 Å². The van der Waals surface area contributed by atoms with Crippen molar-refractivity contribution in [2.45, 2.75) is 24.7 Å². The van der Waals surface area contributed by atoms with Crippen LogP contribution < -0.4 is 29.6 Å². The molecule has 1 heterocycles. The summed E-state index contributed by atoms with van der Waals surface area (Å²) >= 11 is 0. The van der Waals surface area contributed by atoms with Crippen molar-refractivity contribution in [1.29, 1.82) is 0 Å². The zero-order valence-electron chi connectivity index (χ0n) is 11.4. The Hall–Kier alpha value is -0.730. The summed E-state index contributed by atoms with van der Waals surface area (Å²) < 4.78 is 32.4. The Morgan fingerprint density at radius 2 is 1.90 bits per heavy atom. The number of hydrogen-bond acceptors (Lipinski definition) is 5. The van der Waals surface area contributed by atoms with Crippen LogP contribution in [0.4, 0.5) is 0 Å². The van der Waals surface area contributed by atoms with Gasteiger partial charge in [0.15, 0.2) is 0 Å². The van der Waals surface area contributed by atoms with E-state index in [0.717, 1.165) is 6.42 Å². The van der Waals surface area contributed by atoms with Crippen molar-refractivity contribution < 1.29 is 47.3 Å². The van der Waals surface area contributed by atoms with Crippen LogP contribution in [-0.2, 0) is 14.9 Å². The number of nitrogens with zero attached hydrogens (tertiary/aromatic N) is 2. The summed E-state index contributed by atoms with van der Waals surface area (Å²) in [6.45, 7) is 2.52. The van der Waals surface area contributed by atoms with Crippen LogP contribution in [0.3, 0.4) is 0 Å². The quantitative estimate of drug-likeness (QED) is 0.472. The molecule has 0 bridgehead atoms. The number of carbonyl (C=O) groups is 1. The van der Waals surface area contributed by atoms with Crippen LogP contribution in [0.25, 0.3) is 0 Å². The van der Waals surface area contributed by atoms with Gasteiger partial charge in [0, 0.05) is 6.54 Å². The van der Waals surface area contributed by atoms with Gasteiger partial charge in [-0.15, -0.1) is 0 Å². The Morgan fingerprint density at radius 1 is 1.30 bits per heavy atom. The molecular weight excluding hydrogens is 291 g/mol. The van der Waals surface area contributed by atoms with Crippen molar-refractivity contribution in [3.05, 3.63) is 29.8 Å². The van der Waals surface area contributed by atoms with E-state index in [-0.39, 0.29) is 46.8 Å². The van der Waals surface area contributed by atoms with E-state index in [4.69, 9.17) is 0 Å². The third kappa shape index (κ3) is 3.89. The van der Waals surface area contributed by atoms with Gasteiger partial charge in [0.25, 0.3) is 0 Å². The van der Waals surface area contributed by atoms with Crippen molar-refractivity contribution in [2.24, 2.45) is 5.10 Å². The fraction of sp³-hybridized carbons (Fsp3) is 0.333. The van der Waals surface area contributed by atoms with E-state index < -0.39 is 10.1 Å². The zero-order valence-corrected chi connectivity index (χ0v) is 14.2. The van der Waals surface area contributed by atoms with E-state index in [1.54, 1.807) is 0 Å². The van der Waals surface area contributed by atoms with Gasteiger partial charge in [-0.05, 0) is 24.1 Å². The summed E-state index contributed by atoms with van der Waals surface area (Å²) in [5.74, 6) is -0.0719. The van der Waals surface area contributed by atoms with Crippen LogP contribution >= 0.6 is 0 Å². The molecule has 2 rings (SSSR count). The molecule has 0 spiro atoms. The Labute approximate surface area is 139 Å². The Bertz CT molecular complexity index is 625. The molecule has 1 aliphatic rings. The third-order valence-electron chi connectivity index (χ3n) is 2.76. The van der Waals surface area contributed by atoms with Crippen molar-refractivity contribution in [2.75, 3.05) is 6.54 Å². The summed E-state index contributed by atoms with van der Waals surface area (Å²) in [5, 5.41) is 5.60. The molecule has 0 N–H and O–H groups in total. The van der Waals surface area contributed by atoms with Gasteiger partial charge in [-0.25, -0.2) is 13.4 Å². The molecule has 0 atom stereocenters. The zero-order chi connectivity index (χ0) is 14.0. The van der Waals surface area contributed by atoms with Gasteiger partial charge in [0.2, 0.25) is 5.91 Å². The number of carbonyl (C=O) groups excluding carboxylic acids is 1. The summed E-state index contributed by atoms with van der Waals surface area (Å²) in [6, 6.07) is 5.44. The van der Waals surface area contributed by atoms with Crippen LogP contribution in [0.1, 0.15) is 25.3 Å². The molecule has 0 radical (unpaired) electrons. The molecule has 0 saturated heterocycles. The molecule has 0 fully saturated rings. The minimum Gasteiger partial charge on any atom is -0.744 e. The Morgan fingerprint density at radius 3 is 2.40 bits per heavy atom. The molecule has 0 aromatic heterocycles. The van der Waals surface area contributed by atoms with E-state index in [0.29, 0.717) is 17.8 Å². The van der Waals surface area contributed by atoms with Gasteiger partial charge < -0.3 is 4.55 Å². The number of rotatable bonds is 4. The van der Waals surface area contributed by atoms with Crippen LogP contribution in [-0.4, -0.2) is 36.1 Å². The molecule has 0 saturated carbocycles. The maximum absolute atomic E-state index is 11.6. The average molecular weight is 304 g/mol. The maximum atomic E-state index is 11.6. The van der Waals surface area contributed by atoms with E-state index >= 15 is 0 Å². The molecule has 1 amide bonds. The second-order valence-corrected chi connectivity index (χ2v) is 5.60. The Kier molecular flexibility index (Phi) is 5.91. The fourth-order valence-corrected chi connectivity index (χ4v) is 2.30. The maximum Gasteiger partial charge on any atom is 1.00 e. The van der Waals surface area contributed by atoms with E-state index in [1.165, 1.54) is 29.3 Å². The van der Waals surface area contributed by atoms with Crippen molar-refractivity contribution in [1.82, 2.24) is 5.01 Å². The molecule has 0 unspecified atom stereocenters. The van der Waals surface area contributed by atoms with E-state index in [1.807, 2.05) is 6.92 Å². The van der Waals surface area contributed by atoms with Gasteiger partial charge >= 0.3 is 29.6 Å². The van der Waals surface area contributed by atoms with Gasteiger partial charge in [0.1, 0.15) is 10.1 Å². The molecule has 8 heteroatoms. The molecular formula is C12H13N2NaO4S. The van der Waals surface area contributed by atoms with Crippen LogP contribution in [0, 0.1) is 0 Å². The second kappa shape index (κ2) is 6.82. The van der Waals surface area contributed by atoms with Crippen LogP contribution in [0.2, 0.25) is 0 Å². The number of hydrazone groups is 1. The first-order valence-corrected chi connectivity index (χ1v) is 7.27. The smallest absolute Gasteiger partial charge is 0.744 e. The van der Waals surface area contributed by atoms with Crippen LogP contribution in [0.15, 0.2) is 34.3 Å². The number of hydrogen-bond donors (Lipinski definition) is 0. The standard InChI is InChI=1S/C12H14N2O4S.Na/c1-2-7-14-12(15)8-11(13-14)9-3-5-10(6-4-9)19(16,17)18;/h3-6H,2,7-8H2,1H3,(H,16,17,18);/q;+1/p-1. The molecule has 1 aliphatic heterocycles. The molecule has 20 heavy (non-hydrogen) atoms. The van der Waals surface area contributed by atoms with Crippen molar-refractivity contribution in [3.8, 4) is 0 Å². The molecule has 1 aromatic carbocycles. The predicted molar refractivity (Wildman–Crippen MR) is 67.6 cm³/mol. The first-order valence-electron chi connectivity index (χ1n) is 5.86. The van der Waals surface area contributed by atoms with Crippen molar-refractivity contribution in [3.63, 3.8) is 0 Å². The summed E-state index contributed by atoms with van der Waals surface area (Å²) in [4.78, 5) is 11.4. The van der Waals surface area contributed by atoms with E-state index in [9.17, 15) is 17.8 Å². The largest absolute Gasteiger partial charge is 1.00 e. The SMILES string of the molecule is CCCN1N=C(c2ccc(S(=O)(=O)[O-])cc2)CC1=O.[Na+]. The normalized spacial score (nSPS) is 15.0. The van der Waals surface area contributed by atoms with Gasteiger partial charge in [-0.1, -0.05) is 19.1 Å². The fourth-order valence-electron chi connectivity index (χ4n) is 1.83. The van der Waals surface area contributed by atoms with Crippen LogP contribution in [0.5, 0.6) is 0 Å². The summed E-state index contributed by atoms with van der Waals surface area (Å²) in [6.07, 6.45) is 1.01. The first kappa shape index (κ1) is 17.3. The molecule has 102 valence electrons.